The van der Waals surface area contributed by atoms with Gasteiger partial charge in [-0.1, -0.05) is 11.3 Å². The molecular formula is C21H20F9N5O4S2. The van der Waals surface area contributed by atoms with E-state index in [2.05, 4.69) is 25.6 Å². The molecule has 41 heavy (non-hydrogen) atoms. The molecule has 2 fully saturated rings. The molecule has 20 heteroatoms. The summed E-state index contributed by atoms with van der Waals surface area (Å²) in [5, 5.41) is 8.33. The number of hydrogen-bond donors (Lipinski definition) is 2. The van der Waals surface area contributed by atoms with Crippen molar-refractivity contribution in [2.24, 2.45) is 0 Å². The molecule has 0 unspecified atom stereocenters. The predicted octanol–water partition coefficient (Wildman–Crippen LogP) is 3.76. The van der Waals surface area contributed by atoms with Crippen molar-refractivity contribution in [3.05, 3.63) is 28.8 Å². The van der Waals surface area contributed by atoms with Crippen LogP contribution < -0.4 is 20.3 Å². The monoisotopic (exact) mass is 641 g/mol. The quantitative estimate of drug-likeness (QED) is 0.331. The Morgan fingerprint density at radius 3 is 2.27 bits per heavy atom. The van der Waals surface area contributed by atoms with E-state index in [-0.39, 0.29) is 17.4 Å². The lowest BCUT2D eigenvalue weighted by atomic mass is 10.2. The zero-order valence-corrected chi connectivity index (χ0v) is 22.2. The van der Waals surface area contributed by atoms with Crippen LogP contribution in [0, 0.1) is 0 Å². The molecule has 1 aromatic carbocycles. The number of rotatable bonds is 8. The molecular weight excluding hydrogens is 621 g/mol. The fourth-order valence-corrected chi connectivity index (χ4v) is 6.88. The summed E-state index contributed by atoms with van der Waals surface area (Å²) in [4.78, 5) is 12.8. The number of anilines is 1. The van der Waals surface area contributed by atoms with Gasteiger partial charge in [0.05, 0.1) is 21.4 Å². The van der Waals surface area contributed by atoms with Gasteiger partial charge in [-0.2, -0.15) is 39.5 Å². The standard InChI is InChI=1S/C21H20F9N5O4S2/c1-31-18(4-5-18)32-15(36)13-7-11(8-35(13)17-34-33-16(40-17)21(28,29)30)41(37,38)14-3-2-10(39-9-19(22,23)24)6-12(14)20(25,26)27/h2-3,6,11,13,31H,4-5,7-9H2,1H3,(H,32,36)/t11-,13+/m1/s1. The van der Waals surface area contributed by atoms with E-state index in [0.29, 0.717) is 25.0 Å². The Kier molecular flexibility index (Phi) is 7.91. The summed E-state index contributed by atoms with van der Waals surface area (Å²) < 4.78 is 150. The highest BCUT2D eigenvalue weighted by atomic mass is 32.2. The van der Waals surface area contributed by atoms with E-state index in [1.807, 2.05) is 0 Å². The predicted molar refractivity (Wildman–Crippen MR) is 124 cm³/mol. The van der Waals surface area contributed by atoms with Crippen molar-refractivity contribution in [2.75, 3.05) is 25.1 Å². The fourth-order valence-electron chi connectivity index (χ4n) is 4.22. The lowest BCUT2D eigenvalue weighted by Gasteiger charge is -2.25. The Hall–Kier alpha value is -2.87. The number of ether oxygens (including phenoxy) is 1. The minimum absolute atomic E-state index is 0.0227. The van der Waals surface area contributed by atoms with Crippen LogP contribution in [0.5, 0.6) is 5.75 Å². The Morgan fingerprint density at radius 2 is 1.76 bits per heavy atom. The van der Waals surface area contributed by atoms with Crippen LogP contribution in [0.3, 0.4) is 0 Å². The van der Waals surface area contributed by atoms with Gasteiger partial charge in [-0.05, 0) is 44.5 Å². The first-order valence-electron chi connectivity index (χ1n) is 11.6. The number of nitrogens with zero attached hydrogens (tertiary/aromatic N) is 3. The first kappa shape index (κ1) is 31.1. The molecule has 9 nitrogen and oxygen atoms in total. The van der Waals surface area contributed by atoms with Crippen LogP contribution in [0.15, 0.2) is 23.1 Å². The van der Waals surface area contributed by atoms with Gasteiger partial charge in [-0.25, -0.2) is 8.42 Å². The molecule has 0 spiro atoms. The molecule has 4 rings (SSSR count). The molecule has 2 aliphatic rings. The molecule has 228 valence electrons. The maximum Gasteiger partial charge on any atom is 0.445 e. The summed E-state index contributed by atoms with van der Waals surface area (Å²) in [5.41, 5.74) is -2.63. The van der Waals surface area contributed by atoms with Crippen LogP contribution in [-0.2, 0) is 27.0 Å². The van der Waals surface area contributed by atoms with E-state index in [1.165, 1.54) is 7.05 Å². The first-order valence-corrected chi connectivity index (χ1v) is 13.9. The highest BCUT2D eigenvalue weighted by molar-refractivity contribution is 7.92. The van der Waals surface area contributed by atoms with Gasteiger partial charge in [0.2, 0.25) is 16.0 Å². The zero-order chi connectivity index (χ0) is 30.6. The highest BCUT2D eigenvalue weighted by Gasteiger charge is 2.51. The third-order valence-corrected chi connectivity index (χ3v) is 9.66. The second-order valence-corrected chi connectivity index (χ2v) is 12.5. The third kappa shape index (κ3) is 6.79. The molecule has 2 atom stereocenters. The van der Waals surface area contributed by atoms with Gasteiger partial charge < -0.3 is 15.0 Å². The lowest BCUT2D eigenvalue weighted by Crippen LogP contribution is -2.52. The highest BCUT2D eigenvalue weighted by Crippen LogP contribution is 2.42. The van der Waals surface area contributed by atoms with Crippen molar-refractivity contribution in [3.63, 3.8) is 0 Å². The largest absolute Gasteiger partial charge is 0.484 e. The summed E-state index contributed by atoms with van der Waals surface area (Å²) in [6.45, 7) is -2.65. The molecule has 2 N–H and O–H groups in total. The summed E-state index contributed by atoms with van der Waals surface area (Å²) in [6, 6.07) is -0.276. The smallest absolute Gasteiger partial charge is 0.445 e. The van der Waals surface area contributed by atoms with E-state index in [4.69, 9.17) is 0 Å². The molecule has 1 saturated heterocycles. The van der Waals surface area contributed by atoms with E-state index >= 15 is 0 Å². The van der Waals surface area contributed by atoms with Gasteiger partial charge in [0.1, 0.15) is 11.8 Å². The maximum absolute atomic E-state index is 13.9. The third-order valence-electron chi connectivity index (χ3n) is 6.46. The van der Waals surface area contributed by atoms with Gasteiger partial charge >= 0.3 is 18.5 Å². The summed E-state index contributed by atoms with van der Waals surface area (Å²) in [6.07, 6.45) is -14.8. The number of carbonyl (C=O) groups excluding carboxylic acids is 1. The lowest BCUT2D eigenvalue weighted by molar-refractivity contribution is -0.153. The number of sulfone groups is 1. The van der Waals surface area contributed by atoms with Crippen LogP contribution in [0.1, 0.15) is 29.8 Å². The number of carbonyl (C=O) groups is 1. The number of hydrogen-bond acceptors (Lipinski definition) is 9. The van der Waals surface area contributed by atoms with Crippen molar-refractivity contribution < 1.29 is 57.5 Å². The molecule has 2 heterocycles. The number of halogens is 9. The van der Waals surface area contributed by atoms with Crippen LogP contribution in [0.25, 0.3) is 0 Å². The van der Waals surface area contributed by atoms with Crippen molar-refractivity contribution in [1.82, 2.24) is 20.8 Å². The molecule has 0 radical (unpaired) electrons. The van der Waals surface area contributed by atoms with E-state index < -0.39 is 97.1 Å². The molecule has 1 amide bonds. The minimum atomic E-state index is -5.35. The van der Waals surface area contributed by atoms with E-state index in [0.717, 1.165) is 4.90 Å². The Morgan fingerprint density at radius 1 is 1.10 bits per heavy atom. The molecule has 1 saturated carbocycles. The molecule has 2 aromatic rings. The number of nitrogens with one attached hydrogen (secondary N) is 2. The van der Waals surface area contributed by atoms with Gasteiger partial charge in [-0.3, -0.25) is 10.1 Å². The second-order valence-electron chi connectivity index (χ2n) is 9.34. The number of aromatic nitrogens is 2. The number of amides is 1. The maximum atomic E-state index is 13.9. The fraction of sp³-hybridized carbons (Fsp3) is 0.571. The topological polar surface area (TPSA) is 114 Å². The summed E-state index contributed by atoms with van der Waals surface area (Å²) in [5.74, 6) is -1.69. The number of benzene rings is 1. The molecule has 1 aromatic heterocycles. The second kappa shape index (κ2) is 10.4. The van der Waals surface area contributed by atoms with Crippen LogP contribution >= 0.6 is 11.3 Å². The van der Waals surface area contributed by atoms with Crippen LogP contribution in [0.2, 0.25) is 0 Å². The van der Waals surface area contributed by atoms with E-state index in [9.17, 15) is 52.7 Å². The van der Waals surface area contributed by atoms with Gasteiger partial charge in [-0.15, -0.1) is 10.2 Å². The molecule has 0 bridgehead atoms. The zero-order valence-electron chi connectivity index (χ0n) is 20.6. The van der Waals surface area contributed by atoms with Crippen LogP contribution in [0.4, 0.5) is 44.6 Å². The first-order chi connectivity index (χ1) is 18.8. The van der Waals surface area contributed by atoms with E-state index in [1.54, 1.807) is 0 Å². The molecule has 1 aliphatic heterocycles. The van der Waals surface area contributed by atoms with Crippen molar-refractivity contribution in [3.8, 4) is 5.75 Å². The van der Waals surface area contributed by atoms with Crippen molar-refractivity contribution in [2.45, 2.75) is 59.6 Å². The Bertz CT molecular complexity index is 1410. The average molecular weight is 642 g/mol. The number of alkyl halides is 9. The Balaban J connectivity index is 1.69. The summed E-state index contributed by atoms with van der Waals surface area (Å²) in [7, 11) is -3.44. The van der Waals surface area contributed by atoms with Crippen molar-refractivity contribution >= 4 is 32.2 Å². The minimum Gasteiger partial charge on any atom is -0.484 e. The van der Waals surface area contributed by atoms with Gasteiger partial charge in [0.15, 0.2) is 16.4 Å². The van der Waals surface area contributed by atoms with Gasteiger partial charge in [0, 0.05) is 6.54 Å². The Labute approximate surface area is 230 Å². The van der Waals surface area contributed by atoms with Crippen LogP contribution in [-0.4, -0.2) is 67.9 Å². The van der Waals surface area contributed by atoms with Gasteiger partial charge in [0.25, 0.3) is 0 Å². The SMILES string of the molecule is CNC1(NC(=O)[C@@H]2C[C@@H](S(=O)(=O)c3ccc(OCC(F)(F)F)cc3C(F)(F)F)CN2c2nnc(C(F)(F)F)s2)CC1. The average Bonchev–Trinajstić information content (AvgIpc) is 3.25. The van der Waals surface area contributed by atoms with Crippen molar-refractivity contribution in [1.29, 1.82) is 0 Å². The normalized spacial score (nSPS) is 21.2. The molecule has 1 aliphatic carbocycles. The summed E-state index contributed by atoms with van der Waals surface area (Å²) >= 11 is 0.0227.